The second kappa shape index (κ2) is 6.52. The Kier molecular flexibility index (Phi) is 4.28. The van der Waals surface area contributed by atoms with Gasteiger partial charge in [-0.2, -0.15) is 0 Å². The smallest absolute Gasteiger partial charge is 0.323 e. The summed E-state index contributed by atoms with van der Waals surface area (Å²) in [5.41, 5.74) is 3.93. The van der Waals surface area contributed by atoms with Gasteiger partial charge in [0.2, 0.25) is 0 Å². The molecule has 0 fully saturated rings. The highest BCUT2D eigenvalue weighted by molar-refractivity contribution is 6.01. The van der Waals surface area contributed by atoms with Crippen LogP contribution in [0.1, 0.15) is 19.4 Å². The molecular weight excluding hydrogens is 288 g/mol. The minimum absolute atomic E-state index is 0.273. The molecule has 0 radical (unpaired) electrons. The molecule has 2 heterocycles. The first-order chi connectivity index (χ1) is 11.2. The van der Waals surface area contributed by atoms with Gasteiger partial charge in [0.25, 0.3) is 0 Å². The largest absolute Gasteiger partial charge is 0.347 e. The van der Waals surface area contributed by atoms with E-state index >= 15 is 0 Å². The van der Waals surface area contributed by atoms with Gasteiger partial charge in [-0.15, -0.1) is 0 Å². The standard InChI is InChI=1S/C18H20N4O/c1-3-13-12-22(4-2)17-8-7-14(10-16(13)17)20-18(23)21-15-6-5-9-19-11-15/h5-12H,3-4H2,1-2H3,(H2,20,21,23). The number of nitrogens with zero attached hydrogens (tertiary/aromatic N) is 2. The number of fused-ring (bicyclic) bond motifs is 1. The van der Waals surface area contributed by atoms with Gasteiger partial charge in [0.05, 0.1) is 11.9 Å². The molecule has 118 valence electrons. The van der Waals surface area contributed by atoms with Crippen molar-refractivity contribution in [3.8, 4) is 0 Å². The molecule has 0 atom stereocenters. The number of urea groups is 1. The van der Waals surface area contributed by atoms with E-state index in [1.807, 2.05) is 12.1 Å². The SMILES string of the molecule is CCc1cn(CC)c2ccc(NC(=O)Nc3cccnc3)cc12. The Labute approximate surface area is 135 Å². The topological polar surface area (TPSA) is 59.0 Å². The third-order valence-electron chi connectivity index (χ3n) is 3.86. The van der Waals surface area contributed by atoms with E-state index in [0.29, 0.717) is 5.69 Å². The molecular formula is C18H20N4O. The summed E-state index contributed by atoms with van der Waals surface area (Å²) < 4.78 is 2.23. The summed E-state index contributed by atoms with van der Waals surface area (Å²) in [7, 11) is 0. The lowest BCUT2D eigenvalue weighted by Gasteiger charge is -2.08. The van der Waals surface area contributed by atoms with Crippen LogP contribution in [0.4, 0.5) is 16.2 Å². The van der Waals surface area contributed by atoms with Crippen molar-refractivity contribution in [3.05, 3.63) is 54.5 Å². The lowest BCUT2D eigenvalue weighted by atomic mass is 10.1. The van der Waals surface area contributed by atoms with Crippen molar-refractivity contribution in [2.45, 2.75) is 26.8 Å². The molecule has 3 rings (SSSR count). The van der Waals surface area contributed by atoms with Crippen LogP contribution in [0.2, 0.25) is 0 Å². The van der Waals surface area contributed by atoms with Crippen LogP contribution in [0.15, 0.2) is 48.9 Å². The average molecular weight is 308 g/mol. The van der Waals surface area contributed by atoms with Crippen molar-refractivity contribution >= 4 is 28.3 Å². The van der Waals surface area contributed by atoms with Crippen molar-refractivity contribution in [2.75, 3.05) is 10.6 Å². The number of carbonyl (C=O) groups excluding carboxylic acids is 1. The minimum atomic E-state index is -0.273. The van der Waals surface area contributed by atoms with Crippen LogP contribution in [-0.4, -0.2) is 15.6 Å². The summed E-state index contributed by atoms with van der Waals surface area (Å²) >= 11 is 0. The van der Waals surface area contributed by atoms with E-state index in [1.165, 1.54) is 16.5 Å². The van der Waals surface area contributed by atoms with Gasteiger partial charge in [0.1, 0.15) is 0 Å². The van der Waals surface area contributed by atoms with E-state index in [-0.39, 0.29) is 6.03 Å². The fourth-order valence-electron chi connectivity index (χ4n) is 2.72. The average Bonchev–Trinajstić information content (AvgIpc) is 2.93. The summed E-state index contributed by atoms with van der Waals surface area (Å²) in [6.07, 6.45) is 6.43. The number of amides is 2. The van der Waals surface area contributed by atoms with E-state index in [1.54, 1.807) is 24.5 Å². The van der Waals surface area contributed by atoms with Crippen molar-refractivity contribution < 1.29 is 4.79 Å². The number of aryl methyl sites for hydroxylation is 2. The van der Waals surface area contributed by atoms with Crippen LogP contribution in [0.25, 0.3) is 10.9 Å². The van der Waals surface area contributed by atoms with E-state index in [4.69, 9.17) is 0 Å². The number of hydrogen-bond acceptors (Lipinski definition) is 2. The Bertz CT molecular complexity index is 824. The quantitative estimate of drug-likeness (QED) is 0.756. The van der Waals surface area contributed by atoms with Gasteiger partial charge in [-0.1, -0.05) is 6.92 Å². The number of anilines is 2. The second-order valence-electron chi connectivity index (χ2n) is 5.35. The summed E-state index contributed by atoms with van der Waals surface area (Å²) in [6, 6.07) is 9.32. The molecule has 23 heavy (non-hydrogen) atoms. The molecule has 0 spiro atoms. The molecule has 0 aliphatic rings. The molecule has 5 nitrogen and oxygen atoms in total. The van der Waals surface area contributed by atoms with E-state index in [9.17, 15) is 4.79 Å². The number of rotatable bonds is 4. The number of aromatic nitrogens is 2. The van der Waals surface area contributed by atoms with Gasteiger partial charge in [-0.25, -0.2) is 4.79 Å². The minimum Gasteiger partial charge on any atom is -0.347 e. The van der Waals surface area contributed by atoms with Crippen LogP contribution in [-0.2, 0) is 13.0 Å². The number of hydrogen-bond donors (Lipinski definition) is 2. The van der Waals surface area contributed by atoms with Gasteiger partial charge in [-0.3, -0.25) is 4.98 Å². The highest BCUT2D eigenvalue weighted by Crippen LogP contribution is 2.25. The number of carbonyl (C=O) groups is 1. The second-order valence-corrected chi connectivity index (χ2v) is 5.35. The molecule has 0 saturated heterocycles. The molecule has 0 aliphatic heterocycles. The first-order valence-corrected chi connectivity index (χ1v) is 7.81. The van der Waals surface area contributed by atoms with Crippen molar-refractivity contribution in [2.24, 2.45) is 0 Å². The molecule has 2 aromatic heterocycles. The Morgan fingerprint density at radius 2 is 2.00 bits per heavy atom. The predicted octanol–water partition coefficient (Wildman–Crippen LogP) is 4.26. The first-order valence-electron chi connectivity index (χ1n) is 7.81. The highest BCUT2D eigenvalue weighted by Gasteiger charge is 2.09. The molecule has 0 saturated carbocycles. The van der Waals surface area contributed by atoms with Crippen LogP contribution in [0.3, 0.4) is 0 Å². The van der Waals surface area contributed by atoms with Gasteiger partial charge < -0.3 is 15.2 Å². The highest BCUT2D eigenvalue weighted by atomic mass is 16.2. The van der Waals surface area contributed by atoms with Gasteiger partial charge in [-0.05, 0) is 49.2 Å². The van der Waals surface area contributed by atoms with E-state index in [2.05, 4.69) is 46.3 Å². The Balaban J connectivity index is 1.82. The lowest BCUT2D eigenvalue weighted by molar-refractivity contribution is 0.262. The maximum atomic E-state index is 12.1. The number of nitrogens with one attached hydrogen (secondary N) is 2. The fraction of sp³-hybridized carbons (Fsp3) is 0.222. The zero-order valence-electron chi connectivity index (χ0n) is 13.3. The first kappa shape index (κ1) is 15.1. The van der Waals surface area contributed by atoms with Gasteiger partial charge in [0.15, 0.2) is 0 Å². The number of benzene rings is 1. The maximum Gasteiger partial charge on any atom is 0.323 e. The molecule has 2 amide bonds. The van der Waals surface area contributed by atoms with Crippen LogP contribution in [0, 0.1) is 0 Å². The summed E-state index contributed by atoms with van der Waals surface area (Å²) in [6.45, 7) is 5.21. The summed E-state index contributed by atoms with van der Waals surface area (Å²) in [5.74, 6) is 0. The van der Waals surface area contributed by atoms with Gasteiger partial charge >= 0.3 is 6.03 Å². The van der Waals surface area contributed by atoms with Crippen LogP contribution in [0.5, 0.6) is 0 Å². The van der Waals surface area contributed by atoms with Crippen LogP contribution < -0.4 is 10.6 Å². The Morgan fingerprint density at radius 1 is 1.17 bits per heavy atom. The molecule has 1 aromatic carbocycles. The van der Waals surface area contributed by atoms with Crippen molar-refractivity contribution in [3.63, 3.8) is 0 Å². The van der Waals surface area contributed by atoms with Crippen molar-refractivity contribution in [1.29, 1.82) is 0 Å². The zero-order chi connectivity index (χ0) is 16.2. The summed E-state index contributed by atoms with van der Waals surface area (Å²) in [4.78, 5) is 16.1. The lowest BCUT2D eigenvalue weighted by Crippen LogP contribution is -2.19. The Morgan fingerprint density at radius 3 is 2.70 bits per heavy atom. The molecule has 2 N–H and O–H groups in total. The van der Waals surface area contributed by atoms with E-state index in [0.717, 1.165) is 18.7 Å². The monoisotopic (exact) mass is 308 g/mol. The van der Waals surface area contributed by atoms with E-state index < -0.39 is 0 Å². The van der Waals surface area contributed by atoms with Gasteiger partial charge in [0, 0.05) is 35.5 Å². The maximum absolute atomic E-state index is 12.1. The molecule has 0 bridgehead atoms. The van der Waals surface area contributed by atoms with Crippen molar-refractivity contribution in [1.82, 2.24) is 9.55 Å². The fourth-order valence-corrected chi connectivity index (χ4v) is 2.72. The molecule has 5 heteroatoms. The number of pyridine rings is 1. The predicted molar refractivity (Wildman–Crippen MR) is 93.9 cm³/mol. The summed E-state index contributed by atoms with van der Waals surface area (Å²) in [5, 5.41) is 6.83. The Hall–Kier alpha value is -2.82. The normalized spacial score (nSPS) is 10.7. The third-order valence-corrected chi connectivity index (χ3v) is 3.86. The molecule has 0 aliphatic carbocycles. The third kappa shape index (κ3) is 3.18. The molecule has 0 unspecified atom stereocenters. The van der Waals surface area contributed by atoms with Crippen LogP contribution >= 0.6 is 0 Å². The molecule has 3 aromatic rings. The zero-order valence-corrected chi connectivity index (χ0v) is 13.3.